The minimum Gasteiger partial charge on any atom is -0.378 e. The number of ether oxygens (including phenoxy) is 1. The van der Waals surface area contributed by atoms with Gasteiger partial charge in [-0.3, -0.25) is 0 Å². The van der Waals surface area contributed by atoms with Crippen molar-refractivity contribution in [3.05, 3.63) is 16.1 Å². The zero-order valence-corrected chi connectivity index (χ0v) is 9.27. The molecule has 0 radical (unpaired) electrons. The van der Waals surface area contributed by atoms with Crippen molar-refractivity contribution < 1.29 is 4.74 Å². The number of methoxy groups -OCH3 is 1. The monoisotopic (exact) mass is 212 g/mol. The molecule has 14 heavy (non-hydrogen) atoms. The van der Waals surface area contributed by atoms with Gasteiger partial charge in [-0.1, -0.05) is 0 Å². The molecule has 4 heteroatoms. The van der Waals surface area contributed by atoms with E-state index in [0.29, 0.717) is 12.5 Å². The number of hydrogen-bond donors (Lipinski definition) is 1. The Kier molecular flexibility index (Phi) is 3.50. The zero-order chi connectivity index (χ0) is 9.80. The van der Waals surface area contributed by atoms with Crippen molar-refractivity contribution in [3.8, 4) is 0 Å². The van der Waals surface area contributed by atoms with Gasteiger partial charge < -0.3 is 10.1 Å². The Balaban J connectivity index is 2.00. The molecule has 0 bridgehead atoms. The van der Waals surface area contributed by atoms with E-state index in [9.17, 15) is 0 Å². The number of nitrogens with zero attached hydrogens (tertiary/aromatic N) is 1. The minimum absolute atomic E-state index is 0.640. The summed E-state index contributed by atoms with van der Waals surface area (Å²) in [6.07, 6.45) is 2.44. The molecule has 2 heterocycles. The molecule has 3 nitrogen and oxygen atoms in total. The molecule has 0 unspecified atom stereocenters. The maximum atomic E-state index is 5.06. The Morgan fingerprint density at radius 2 is 2.36 bits per heavy atom. The third-order valence-corrected chi connectivity index (χ3v) is 3.61. The van der Waals surface area contributed by atoms with Gasteiger partial charge in [0.05, 0.1) is 17.3 Å². The van der Waals surface area contributed by atoms with Crippen LogP contribution in [-0.2, 0) is 11.3 Å². The molecule has 1 aromatic heterocycles. The molecule has 1 aliphatic heterocycles. The molecule has 1 aliphatic rings. The van der Waals surface area contributed by atoms with Crippen LogP contribution in [0.3, 0.4) is 0 Å². The molecule has 0 aliphatic carbocycles. The lowest BCUT2D eigenvalue weighted by Gasteiger charge is -2.20. The zero-order valence-electron chi connectivity index (χ0n) is 8.45. The average Bonchev–Trinajstić information content (AvgIpc) is 2.68. The second kappa shape index (κ2) is 4.87. The van der Waals surface area contributed by atoms with E-state index in [0.717, 1.165) is 18.8 Å². The van der Waals surface area contributed by atoms with Gasteiger partial charge in [0.25, 0.3) is 0 Å². The largest absolute Gasteiger partial charge is 0.378 e. The second-order valence-electron chi connectivity index (χ2n) is 3.63. The first-order chi connectivity index (χ1) is 6.90. The van der Waals surface area contributed by atoms with Crippen LogP contribution in [0.1, 0.15) is 29.5 Å². The molecule has 0 atom stereocenters. The first-order valence-electron chi connectivity index (χ1n) is 5.04. The number of piperidine rings is 1. The van der Waals surface area contributed by atoms with E-state index in [-0.39, 0.29) is 0 Å². The van der Waals surface area contributed by atoms with Crippen LogP contribution in [0, 0.1) is 0 Å². The van der Waals surface area contributed by atoms with Gasteiger partial charge in [0, 0.05) is 18.4 Å². The van der Waals surface area contributed by atoms with Crippen LogP contribution >= 0.6 is 11.3 Å². The Hall–Kier alpha value is -0.450. The predicted octanol–water partition coefficient (Wildman–Crippen LogP) is 1.76. The number of rotatable bonds is 3. The first kappa shape index (κ1) is 10.1. The van der Waals surface area contributed by atoms with Gasteiger partial charge in [-0.15, -0.1) is 11.3 Å². The van der Waals surface area contributed by atoms with E-state index in [2.05, 4.69) is 15.7 Å². The molecule has 1 N–H and O–H groups in total. The van der Waals surface area contributed by atoms with Crippen LogP contribution in [0.5, 0.6) is 0 Å². The molecule has 0 amide bonds. The summed E-state index contributed by atoms with van der Waals surface area (Å²) in [7, 11) is 1.71. The van der Waals surface area contributed by atoms with Crippen molar-refractivity contribution >= 4 is 11.3 Å². The molecule has 0 saturated carbocycles. The topological polar surface area (TPSA) is 34.1 Å². The molecular weight excluding hydrogens is 196 g/mol. The maximum absolute atomic E-state index is 5.06. The maximum Gasteiger partial charge on any atom is 0.0961 e. The van der Waals surface area contributed by atoms with E-state index >= 15 is 0 Å². The lowest BCUT2D eigenvalue weighted by molar-refractivity contribution is 0.182. The highest BCUT2D eigenvalue weighted by molar-refractivity contribution is 7.09. The van der Waals surface area contributed by atoms with Gasteiger partial charge in [-0.2, -0.15) is 0 Å². The van der Waals surface area contributed by atoms with Gasteiger partial charge >= 0.3 is 0 Å². The quantitative estimate of drug-likeness (QED) is 0.829. The first-order valence-corrected chi connectivity index (χ1v) is 5.92. The predicted molar refractivity (Wildman–Crippen MR) is 57.7 cm³/mol. The van der Waals surface area contributed by atoms with Crippen molar-refractivity contribution in [2.75, 3.05) is 20.2 Å². The second-order valence-corrected chi connectivity index (χ2v) is 4.52. The van der Waals surface area contributed by atoms with E-state index in [1.807, 2.05) is 0 Å². The lowest BCUT2D eigenvalue weighted by Crippen LogP contribution is -2.26. The minimum atomic E-state index is 0.640. The van der Waals surface area contributed by atoms with Crippen molar-refractivity contribution in [3.63, 3.8) is 0 Å². The Labute approximate surface area is 88.5 Å². The summed E-state index contributed by atoms with van der Waals surface area (Å²) in [6, 6.07) is 0. The third kappa shape index (κ3) is 2.32. The van der Waals surface area contributed by atoms with Crippen molar-refractivity contribution in [1.29, 1.82) is 0 Å². The standard InChI is InChI=1S/C10H16N2OS/c1-13-6-9-7-14-10(12-9)8-2-4-11-5-3-8/h7-8,11H,2-6H2,1H3. The van der Waals surface area contributed by atoms with Gasteiger partial charge in [0.2, 0.25) is 0 Å². The Morgan fingerprint density at radius 3 is 3.07 bits per heavy atom. The summed E-state index contributed by atoms with van der Waals surface area (Å²) in [4.78, 5) is 4.59. The van der Waals surface area contributed by atoms with Gasteiger partial charge in [-0.05, 0) is 25.9 Å². The van der Waals surface area contributed by atoms with E-state index < -0.39 is 0 Å². The molecule has 78 valence electrons. The van der Waals surface area contributed by atoms with Crippen molar-refractivity contribution in [2.24, 2.45) is 0 Å². The normalized spacial score (nSPS) is 18.6. The van der Waals surface area contributed by atoms with E-state index in [1.165, 1.54) is 17.8 Å². The summed E-state index contributed by atoms with van der Waals surface area (Å²) < 4.78 is 5.06. The fraction of sp³-hybridized carbons (Fsp3) is 0.700. The van der Waals surface area contributed by atoms with Crippen LogP contribution in [0.25, 0.3) is 0 Å². The van der Waals surface area contributed by atoms with Crippen molar-refractivity contribution in [1.82, 2.24) is 10.3 Å². The highest BCUT2D eigenvalue weighted by Gasteiger charge is 2.18. The summed E-state index contributed by atoms with van der Waals surface area (Å²) >= 11 is 1.78. The summed E-state index contributed by atoms with van der Waals surface area (Å²) in [5.41, 5.74) is 1.08. The summed E-state index contributed by atoms with van der Waals surface area (Å²) in [5, 5.41) is 6.77. The van der Waals surface area contributed by atoms with Crippen LogP contribution in [-0.4, -0.2) is 25.2 Å². The fourth-order valence-electron chi connectivity index (χ4n) is 1.79. The Morgan fingerprint density at radius 1 is 1.57 bits per heavy atom. The van der Waals surface area contributed by atoms with E-state index in [1.54, 1.807) is 18.4 Å². The summed E-state index contributed by atoms with van der Waals surface area (Å²) in [5.74, 6) is 0.673. The molecular formula is C10H16N2OS. The molecule has 0 spiro atoms. The Bertz CT molecular complexity index is 281. The molecule has 0 aromatic carbocycles. The van der Waals surface area contributed by atoms with Gasteiger partial charge in [0.15, 0.2) is 0 Å². The molecule has 1 saturated heterocycles. The molecule has 1 aromatic rings. The van der Waals surface area contributed by atoms with Crippen LogP contribution < -0.4 is 5.32 Å². The summed E-state index contributed by atoms with van der Waals surface area (Å²) in [6.45, 7) is 2.90. The van der Waals surface area contributed by atoms with E-state index in [4.69, 9.17) is 4.74 Å². The fourth-order valence-corrected chi connectivity index (χ4v) is 2.77. The van der Waals surface area contributed by atoms with Crippen molar-refractivity contribution in [2.45, 2.75) is 25.4 Å². The highest BCUT2D eigenvalue weighted by Crippen LogP contribution is 2.27. The number of thiazole rings is 1. The van der Waals surface area contributed by atoms with Crippen LogP contribution in [0.4, 0.5) is 0 Å². The number of aromatic nitrogens is 1. The highest BCUT2D eigenvalue weighted by atomic mass is 32.1. The smallest absolute Gasteiger partial charge is 0.0961 e. The third-order valence-electron chi connectivity index (χ3n) is 2.55. The molecule has 2 rings (SSSR count). The average molecular weight is 212 g/mol. The van der Waals surface area contributed by atoms with Gasteiger partial charge in [-0.25, -0.2) is 4.98 Å². The van der Waals surface area contributed by atoms with Crippen LogP contribution in [0.2, 0.25) is 0 Å². The number of nitrogens with one attached hydrogen (secondary N) is 1. The molecule has 1 fully saturated rings. The van der Waals surface area contributed by atoms with Gasteiger partial charge in [0.1, 0.15) is 0 Å². The lowest BCUT2D eigenvalue weighted by atomic mass is 9.99. The van der Waals surface area contributed by atoms with Crippen LogP contribution in [0.15, 0.2) is 5.38 Å². The number of hydrogen-bond acceptors (Lipinski definition) is 4. The SMILES string of the molecule is COCc1csc(C2CCNCC2)n1.